The molecule has 0 spiro atoms. The molecule has 0 aliphatic carbocycles. The highest BCUT2D eigenvalue weighted by atomic mass is 127. The maximum absolute atomic E-state index is 13.3. The van der Waals surface area contributed by atoms with Gasteiger partial charge >= 0.3 is 0 Å². The molecular weight excluding hydrogens is 448 g/mol. The molecule has 0 radical (unpaired) electrons. The van der Waals surface area contributed by atoms with Crippen LogP contribution in [0, 0.1) is 5.82 Å². The van der Waals surface area contributed by atoms with Crippen molar-refractivity contribution in [3.8, 4) is 0 Å². The topological polar surface area (TPSA) is 58.8 Å². The number of benzene rings is 1. The largest absolute Gasteiger partial charge is 0.469 e. The minimum absolute atomic E-state index is 0. The Morgan fingerprint density at radius 3 is 2.88 bits per heavy atom. The summed E-state index contributed by atoms with van der Waals surface area (Å²) in [5, 5.41) is 6.61. The van der Waals surface area contributed by atoms with Gasteiger partial charge in [-0.05, 0) is 42.7 Å². The van der Waals surface area contributed by atoms with E-state index in [4.69, 9.17) is 9.15 Å². The normalized spacial score (nSPS) is 17.0. The molecule has 142 valence electrons. The quantitative estimate of drug-likeness (QED) is 0.367. The molecule has 5 nitrogen and oxygen atoms in total. The van der Waals surface area contributed by atoms with Gasteiger partial charge in [0.15, 0.2) is 5.96 Å². The van der Waals surface area contributed by atoms with Crippen molar-refractivity contribution in [1.29, 1.82) is 0 Å². The van der Waals surface area contributed by atoms with Gasteiger partial charge in [-0.3, -0.25) is 0 Å². The second kappa shape index (κ2) is 11.2. The molecule has 0 bridgehead atoms. The van der Waals surface area contributed by atoms with Crippen LogP contribution in [0.2, 0.25) is 0 Å². The van der Waals surface area contributed by atoms with Gasteiger partial charge in [0.2, 0.25) is 0 Å². The van der Waals surface area contributed by atoms with Crippen LogP contribution in [0.5, 0.6) is 0 Å². The van der Waals surface area contributed by atoms with Crippen LogP contribution in [0.25, 0.3) is 0 Å². The van der Waals surface area contributed by atoms with Gasteiger partial charge in [0, 0.05) is 26.1 Å². The van der Waals surface area contributed by atoms with Crippen LogP contribution in [0.15, 0.2) is 52.1 Å². The Bertz CT molecular complexity index is 673. The molecule has 2 heterocycles. The van der Waals surface area contributed by atoms with Crippen molar-refractivity contribution in [2.45, 2.75) is 31.9 Å². The molecule has 1 saturated heterocycles. The molecule has 1 unspecified atom stereocenters. The minimum Gasteiger partial charge on any atom is -0.469 e. The lowest BCUT2D eigenvalue weighted by Crippen LogP contribution is -2.41. The van der Waals surface area contributed by atoms with Gasteiger partial charge in [0.25, 0.3) is 0 Å². The average molecular weight is 473 g/mol. The van der Waals surface area contributed by atoms with E-state index < -0.39 is 0 Å². The lowest BCUT2D eigenvalue weighted by molar-refractivity contribution is 0.114. The Hall–Kier alpha value is -1.61. The highest BCUT2D eigenvalue weighted by molar-refractivity contribution is 14.0. The van der Waals surface area contributed by atoms with Crippen molar-refractivity contribution in [2.75, 3.05) is 19.7 Å². The first-order valence-corrected chi connectivity index (χ1v) is 8.70. The third-order valence-corrected chi connectivity index (χ3v) is 4.07. The fourth-order valence-electron chi connectivity index (χ4n) is 2.75. The smallest absolute Gasteiger partial charge is 0.191 e. The van der Waals surface area contributed by atoms with Crippen molar-refractivity contribution in [3.05, 3.63) is 59.8 Å². The lowest BCUT2D eigenvalue weighted by atomic mass is 10.2. The molecule has 0 amide bonds. The van der Waals surface area contributed by atoms with Gasteiger partial charge in [0.1, 0.15) is 11.6 Å². The zero-order valence-corrected chi connectivity index (χ0v) is 16.9. The predicted octanol–water partition coefficient (Wildman–Crippen LogP) is 3.49. The van der Waals surface area contributed by atoms with Gasteiger partial charge in [-0.2, -0.15) is 0 Å². The molecular formula is C19H25FIN3O2. The number of hydrogen-bond acceptors (Lipinski definition) is 3. The molecule has 1 atom stereocenters. The maximum Gasteiger partial charge on any atom is 0.191 e. The van der Waals surface area contributed by atoms with Crippen molar-refractivity contribution in [3.63, 3.8) is 0 Å². The Balaban J connectivity index is 0.00000243. The summed E-state index contributed by atoms with van der Waals surface area (Å²) in [5.74, 6) is 1.38. The van der Waals surface area contributed by atoms with Crippen molar-refractivity contribution >= 4 is 29.9 Å². The number of nitrogens with one attached hydrogen (secondary N) is 2. The number of hydrogen-bond donors (Lipinski definition) is 2. The Morgan fingerprint density at radius 2 is 2.15 bits per heavy atom. The summed E-state index contributed by atoms with van der Waals surface area (Å²) >= 11 is 0. The highest BCUT2D eigenvalue weighted by Gasteiger charge is 2.15. The van der Waals surface area contributed by atoms with Crippen LogP contribution in [-0.2, 0) is 17.7 Å². The second-order valence-electron chi connectivity index (χ2n) is 6.07. The minimum atomic E-state index is -0.243. The summed E-state index contributed by atoms with van der Waals surface area (Å²) in [6, 6.07) is 10.3. The van der Waals surface area contributed by atoms with Crippen LogP contribution < -0.4 is 10.6 Å². The molecule has 1 aliphatic rings. The van der Waals surface area contributed by atoms with E-state index in [0.717, 1.165) is 43.7 Å². The molecule has 1 fully saturated rings. The average Bonchev–Trinajstić information content (AvgIpc) is 3.30. The molecule has 1 aromatic heterocycles. The van der Waals surface area contributed by atoms with E-state index in [0.29, 0.717) is 19.0 Å². The van der Waals surface area contributed by atoms with E-state index in [2.05, 4.69) is 15.6 Å². The second-order valence-corrected chi connectivity index (χ2v) is 6.07. The first-order chi connectivity index (χ1) is 12.3. The standard InChI is InChI=1S/C19H24FN3O2.HI/c20-16-5-1-4-15(12-16)13-22-19(23-14-18-7-3-11-25-18)21-9-8-17-6-2-10-24-17;/h1-2,4-6,10,12,18H,3,7-9,11,13-14H2,(H2,21,22,23);1H. The van der Waals surface area contributed by atoms with Crippen LogP contribution in [0.1, 0.15) is 24.2 Å². The van der Waals surface area contributed by atoms with Crippen LogP contribution in [0.3, 0.4) is 0 Å². The summed E-state index contributed by atoms with van der Waals surface area (Å²) in [6.45, 7) is 2.66. The SMILES string of the molecule is Fc1cccc(CN=C(NCCc2ccco2)NCC2CCCO2)c1.I. The lowest BCUT2D eigenvalue weighted by Gasteiger charge is -2.15. The number of rotatable bonds is 7. The number of furan rings is 1. The van der Waals surface area contributed by atoms with Gasteiger partial charge in [-0.1, -0.05) is 12.1 Å². The number of ether oxygens (including phenoxy) is 1. The van der Waals surface area contributed by atoms with Gasteiger partial charge in [-0.25, -0.2) is 9.38 Å². The fourth-order valence-corrected chi connectivity index (χ4v) is 2.75. The number of nitrogens with zero attached hydrogens (tertiary/aromatic N) is 1. The van der Waals surface area contributed by atoms with Crippen LogP contribution in [-0.4, -0.2) is 31.8 Å². The van der Waals surface area contributed by atoms with E-state index in [9.17, 15) is 4.39 Å². The molecule has 26 heavy (non-hydrogen) atoms. The third-order valence-electron chi connectivity index (χ3n) is 4.07. The first-order valence-electron chi connectivity index (χ1n) is 8.70. The van der Waals surface area contributed by atoms with Crippen LogP contribution >= 0.6 is 24.0 Å². The number of halogens is 2. The monoisotopic (exact) mass is 473 g/mol. The number of aliphatic imine (C=N–C) groups is 1. The summed E-state index contributed by atoms with van der Waals surface area (Å²) in [4.78, 5) is 4.56. The molecule has 1 aromatic carbocycles. The Labute approximate surface area is 170 Å². The fraction of sp³-hybridized carbons (Fsp3) is 0.421. The Kier molecular flexibility index (Phi) is 8.90. The van der Waals surface area contributed by atoms with E-state index in [-0.39, 0.29) is 35.9 Å². The molecule has 3 rings (SSSR count). The summed E-state index contributed by atoms with van der Waals surface area (Å²) in [7, 11) is 0. The third kappa shape index (κ3) is 6.95. The number of guanidine groups is 1. The van der Waals surface area contributed by atoms with Crippen LogP contribution in [0.4, 0.5) is 4.39 Å². The van der Waals surface area contributed by atoms with Gasteiger partial charge in [0.05, 0.1) is 18.9 Å². The summed E-state index contributed by atoms with van der Waals surface area (Å²) in [5.41, 5.74) is 0.837. The molecule has 0 saturated carbocycles. The van der Waals surface area contributed by atoms with Crippen molar-refractivity contribution in [1.82, 2.24) is 10.6 Å². The van der Waals surface area contributed by atoms with Crippen molar-refractivity contribution < 1.29 is 13.5 Å². The molecule has 2 N–H and O–H groups in total. The van der Waals surface area contributed by atoms with Crippen molar-refractivity contribution in [2.24, 2.45) is 4.99 Å². The summed E-state index contributed by atoms with van der Waals surface area (Å²) < 4.78 is 24.3. The first kappa shape index (κ1) is 20.7. The van der Waals surface area contributed by atoms with E-state index in [1.165, 1.54) is 12.1 Å². The Morgan fingerprint density at radius 1 is 1.23 bits per heavy atom. The van der Waals surface area contributed by atoms with E-state index >= 15 is 0 Å². The zero-order valence-electron chi connectivity index (χ0n) is 14.6. The molecule has 7 heteroatoms. The maximum atomic E-state index is 13.3. The van der Waals surface area contributed by atoms with E-state index in [1.54, 1.807) is 12.3 Å². The summed E-state index contributed by atoms with van der Waals surface area (Å²) in [6.07, 6.45) is 4.84. The molecule has 1 aliphatic heterocycles. The predicted molar refractivity (Wildman–Crippen MR) is 110 cm³/mol. The van der Waals surface area contributed by atoms with Gasteiger partial charge < -0.3 is 19.8 Å². The van der Waals surface area contributed by atoms with Gasteiger partial charge in [-0.15, -0.1) is 24.0 Å². The van der Waals surface area contributed by atoms with E-state index in [1.807, 2.05) is 18.2 Å². The zero-order chi connectivity index (χ0) is 17.3. The molecule has 2 aromatic rings. The highest BCUT2D eigenvalue weighted by Crippen LogP contribution is 2.10.